The molecular formula is C22H25NO6. The Morgan fingerprint density at radius 1 is 0.966 bits per heavy atom. The lowest BCUT2D eigenvalue weighted by atomic mass is 10.1. The highest BCUT2D eigenvalue weighted by atomic mass is 16.6. The Morgan fingerprint density at radius 2 is 1.59 bits per heavy atom. The Hall–Kier alpha value is -3.35. The summed E-state index contributed by atoms with van der Waals surface area (Å²) < 4.78 is 15.5. The van der Waals surface area contributed by atoms with Crippen LogP contribution >= 0.6 is 0 Å². The molecule has 0 bridgehead atoms. The van der Waals surface area contributed by atoms with Gasteiger partial charge in [0.2, 0.25) is 0 Å². The molecule has 7 heteroatoms. The van der Waals surface area contributed by atoms with Crippen molar-refractivity contribution in [3.05, 3.63) is 59.7 Å². The molecule has 0 aliphatic rings. The van der Waals surface area contributed by atoms with Crippen LogP contribution in [0, 0.1) is 0 Å². The van der Waals surface area contributed by atoms with Crippen LogP contribution < -0.4 is 14.8 Å². The van der Waals surface area contributed by atoms with Crippen molar-refractivity contribution < 1.29 is 28.6 Å². The molecule has 2 aromatic carbocycles. The van der Waals surface area contributed by atoms with Crippen molar-refractivity contribution >= 4 is 17.7 Å². The molecule has 0 radical (unpaired) electrons. The van der Waals surface area contributed by atoms with Crippen molar-refractivity contribution in [3.8, 4) is 11.5 Å². The number of Topliss-reactive ketones (excluding diaryl/α,β-unsaturated/α-hetero) is 1. The van der Waals surface area contributed by atoms with E-state index in [4.69, 9.17) is 14.2 Å². The van der Waals surface area contributed by atoms with Crippen LogP contribution in [0.5, 0.6) is 11.5 Å². The number of carbonyl (C=O) groups excluding carboxylic acids is 3. The maximum absolute atomic E-state index is 12.1. The van der Waals surface area contributed by atoms with Crippen molar-refractivity contribution in [2.45, 2.75) is 32.9 Å². The Balaban J connectivity index is 1.74. The lowest BCUT2D eigenvalue weighted by Gasteiger charge is -2.14. The number of amides is 1. The van der Waals surface area contributed by atoms with Crippen molar-refractivity contribution in [2.24, 2.45) is 0 Å². The van der Waals surface area contributed by atoms with Crippen molar-refractivity contribution in [1.29, 1.82) is 0 Å². The summed E-state index contributed by atoms with van der Waals surface area (Å²) in [5, 5.41) is 2.71. The van der Waals surface area contributed by atoms with E-state index in [9.17, 15) is 14.4 Å². The van der Waals surface area contributed by atoms with E-state index in [1.165, 1.54) is 6.92 Å². The van der Waals surface area contributed by atoms with E-state index < -0.39 is 18.0 Å². The van der Waals surface area contributed by atoms with Crippen LogP contribution in [0.2, 0.25) is 0 Å². The van der Waals surface area contributed by atoms with E-state index in [1.807, 2.05) is 12.1 Å². The zero-order valence-corrected chi connectivity index (χ0v) is 16.8. The van der Waals surface area contributed by atoms with E-state index in [0.717, 1.165) is 11.3 Å². The number of carbonyl (C=O) groups is 3. The molecule has 29 heavy (non-hydrogen) atoms. The van der Waals surface area contributed by atoms with E-state index in [-0.39, 0.29) is 12.4 Å². The minimum absolute atomic E-state index is 0.0328. The summed E-state index contributed by atoms with van der Waals surface area (Å²) in [6, 6.07) is 13.8. The van der Waals surface area contributed by atoms with Gasteiger partial charge in [0.15, 0.2) is 18.5 Å². The standard InChI is InChI=1S/C22H25NO6/c1-4-20(24)17-7-11-19(12-8-17)28-14-21(25)29-15(2)22(26)23-13-16-5-9-18(27-3)10-6-16/h5-12,15H,4,13-14H2,1-3H3,(H,23,26)/t15-/m1/s1. The first-order valence-electron chi connectivity index (χ1n) is 9.29. The summed E-state index contributed by atoms with van der Waals surface area (Å²) in [7, 11) is 1.58. The highest BCUT2D eigenvalue weighted by Gasteiger charge is 2.18. The molecule has 0 aliphatic heterocycles. The summed E-state index contributed by atoms with van der Waals surface area (Å²) in [5.74, 6) is 0.132. The molecular weight excluding hydrogens is 374 g/mol. The number of esters is 1. The average molecular weight is 399 g/mol. The van der Waals surface area contributed by atoms with Gasteiger partial charge in [-0.2, -0.15) is 0 Å². The number of benzene rings is 2. The molecule has 7 nitrogen and oxygen atoms in total. The van der Waals surface area contributed by atoms with Crippen LogP contribution in [-0.4, -0.2) is 37.5 Å². The molecule has 0 aromatic heterocycles. The fraction of sp³-hybridized carbons (Fsp3) is 0.318. The maximum atomic E-state index is 12.1. The fourth-order valence-corrected chi connectivity index (χ4v) is 2.44. The molecule has 0 spiro atoms. The number of nitrogens with one attached hydrogen (secondary N) is 1. The van der Waals surface area contributed by atoms with E-state index in [0.29, 0.717) is 24.3 Å². The second-order valence-electron chi connectivity index (χ2n) is 6.29. The number of hydrogen-bond acceptors (Lipinski definition) is 6. The highest BCUT2D eigenvalue weighted by Crippen LogP contribution is 2.14. The van der Waals surface area contributed by atoms with Crippen LogP contribution in [0.4, 0.5) is 0 Å². The molecule has 0 saturated heterocycles. The SMILES string of the molecule is CCC(=O)c1ccc(OCC(=O)O[C@H](C)C(=O)NCc2ccc(OC)cc2)cc1. The molecule has 2 rings (SSSR count). The largest absolute Gasteiger partial charge is 0.497 e. The summed E-state index contributed by atoms with van der Waals surface area (Å²) in [4.78, 5) is 35.6. The number of methoxy groups -OCH3 is 1. The highest BCUT2D eigenvalue weighted by molar-refractivity contribution is 5.95. The predicted octanol–water partition coefficient (Wildman–Crippen LogP) is 2.91. The van der Waals surface area contributed by atoms with Crippen LogP contribution in [0.15, 0.2) is 48.5 Å². The van der Waals surface area contributed by atoms with Crippen LogP contribution in [0.3, 0.4) is 0 Å². The second kappa shape index (κ2) is 10.8. The molecule has 1 atom stereocenters. The van der Waals surface area contributed by atoms with Gasteiger partial charge in [0, 0.05) is 18.5 Å². The first-order chi connectivity index (χ1) is 13.9. The van der Waals surface area contributed by atoms with Gasteiger partial charge < -0.3 is 19.5 Å². The minimum atomic E-state index is -0.950. The van der Waals surface area contributed by atoms with Gasteiger partial charge in [-0.15, -0.1) is 0 Å². The molecule has 154 valence electrons. The van der Waals surface area contributed by atoms with Gasteiger partial charge in [-0.3, -0.25) is 9.59 Å². The van der Waals surface area contributed by atoms with Crippen LogP contribution in [-0.2, 0) is 20.9 Å². The Labute approximate surface area is 170 Å². The summed E-state index contributed by atoms with van der Waals surface area (Å²) in [6.07, 6.45) is -0.529. The monoisotopic (exact) mass is 399 g/mol. The predicted molar refractivity (Wildman–Crippen MR) is 107 cm³/mol. The van der Waals surface area contributed by atoms with Gasteiger partial charge >= 0.3 is 5.97 Å². The Bertz CT molecular complexity index is 829. The van der Waals surface area contributed by atoms with Crippen molar-refractivity contribution in [3.63, 3.8) is 0 Å². The van der Waals surface area contributed by atoms with Gasteiger partial charge in [0.05, 0.1) is 7.11 Å². The van der Waals surface area contributed by atoms with Crippen molar-refractivity contribution in [2.75, 3.05) is 13.7 Å². The molecule has 1 amide bonds. The summed E-state index contributed by atoms with van der Waals surface area (Å²) in [6.45, 7) is 3.25. The normalized spacial score (nSPS) is 11.3. The van der Waals surface area contributed by atoms with Gasteiger partial charge in [-0.1, -0.05) is 19.1 Å². The van der Waals surface area contributed by atoms with Gasteiger partial charge in [0.25, 0.3) is 5.91 Å². The third-order valence-electron chi connectivity index (χ3n) is 4.16. The summed E-state index contributed by atoms with van der Waals surface area (Å²) >= 11 is 0. The zero-order chi connectivity index (χ0) is 21.2. The van der Waals surface area contributed by atoms with Gasteiger partial charge in [0.1, 0.15) is 11.5 Å². The van der Waals surface area contributed by atoms with E-state index in [2.05, 4.69) is 5.32 Å². The molecule has 0 fully saturated rings. The lowest BCUT2D eigenvalue weighted by molar-refractivity contribution is -0.156. The second-order valence-corrected chi connectivity index (χ2v) is 6.29. The van der Waals surface area contributed by atoms with Crippen LogP contribution in [0.25, 0.3) is 0 Å². The lowest BCUT2D eigenvalue weighted by Crippen LogP contribution is -2.36. The van der Waals surface area contributed by atoms with Gasteiger partial charge in [-0.25, -0.2) is 4.79 Å². The smallest absolute Gasteiger partial charge is 0.344 e. The number of rotatable bonds is 10. The van der Waals surface area contributed by atoms with E-state index >= 15 is 0 Å². The maximum Gasteiger partial charge on any atom is 0.344 e. The first kappa shape index (κ1) is 21.9. The molecule has 1 N–H and O–H groups in total. The van der Waals surface area contributed by atoms with Crippen LogP contribution in [0.1, 0.15) is 36.2 Å². The third-order valence-corrected chi connectivity index (χ3v) is 4.16. The average Bonchev–Trinajstić information content (AvgIpc) is 2.76. The molecule has 0 heterocycles. The number of ketones is 1. The molecule has 0 aliphatic carbocycles. The Kier molecular flexibility index (Phi) is 8.21. The Morgan fingerprint density at radius 3 is 2.17 bits per heavy atom. The third kappa shape index (κ3) is 6.95. The quantitative estimate of drug-likeness (QED) is 0.488. The molecule has 0 saturated carbocycles. The number of hydrogen-bond donors (Lipinski definition) is 1. The van der Waals surface area contributed by atoms with E-state index in [1.54, 1.807) is 50.4 Å². The minimum Gasteiger partial charge on any atom is -0.497 e. The molecule has 2 aromatic rings. The first-order valence-corrected chi connectivity index (χ1v) is 9.29. The summed E-state index contributed by atoms with van der Waals surface area (Å²) in [5.41, 5.74) is 1.48. The topological polar surface area (TPSA) is 90.9 Å². The fourth-order valence-electron chi connectivity index (χ4n) is 2.44. The molecule has 0 unspecified atom stereocenters. The van der Waals surface area contributed by atoms with Crippen molar-refractivity contribution in [1.82, 2.24) is 5.32 Å². The van der Waals surface area contributed by atoms with Gasteiger partial charge in [-0.05, 0) is 48.9 Å². The number of ether oxygens (including phenoxy) is 3. The zero-order valence-electron chi connectivity index (χ0n) is 16.8.